The highest BCUT2D eigenvalue weighted by molar-refractivity contribution is 7.27. The monoisotopic (exact) mass is 673 g/mol. The number of hydrogen-bond donors (Lipinski definition) is 0. The van der Waals surface area contributed by atoms with Gasteiger partial charge in [-0.1, -0.05) is 140 Å². The summed E-state index contributed by atoms with van der Waals surface area (Å²) in [5.74, 6) is 2.00. The van der Waals surface area contributed by atoms with Crippen LogP contribution in [0.5, 0.6) is 0 Å². The molecule has 0 bridgehead atoms. The van der Waals surface area contributed by atoms with Gasteiger partial charge in [0.15, 0.2) is 17.5 Å². The summed E-state index contributed by atoms with van der Waals surface area (Å²) in [6, 6.07) is 57.9. The Kier molecular flexibility index (Phi) is 6.86. The van der Waals surface area contributed by atoms with Crippen molar-refractivity contribution in [3.8, 4) is 56.4 Å². The van der Waals surface area contributed by atoms with Crippen LogP contribution in [0.1, 0.15) is 0 Å². The van der Waals surface area contributed by atoms with E-state index in [1.54, 1.807) is 0 Å². The summed E-state index contributed by atoms with van der Waals surface area (Å²) >= 11 is 3.73. The van der Waals surface area contributed by atoms with Crippen molar-refractivity contribution in [2.24, 2.45) is 0 Å². The van der Waals surface area contributed by atoms with Crippen LogP contribution in [-0.2, 0) is 0 Å². The molecule has 0 saturated carbocycles. The van der Waals surface area contributed by atoms with Crippen molar-refractivity contribution in [2.45, 2.75) is 0 Å². The molecule has 0 amide bonds. The molecule has 50 heavy (non-hydrogen) atoms. The van der Waals surface area contributed by atoms with Crippen LogP contribution in [0, 0.1) is 0 Å². The van der Waals surface area contributed by atoms with Crippen LogP contribution < -0.4 is 0 Å². The first-order valence-electron chi connectivity index (χ1n) is 16.6. The highest BCUT2D eigenvalue weighted by atomic mass is 32.1. The number of benzene rings is 7. The maximum Gasteiger partial charge on any atom is 0.164 e. The fraction of sp³-hybridized carbons (Fsp3) is 0. The van der Waals surface area contributed by atoms with Gasteiger partial charge in [0.25, 0.3) is 0 Å². The van der Waals surface area contributed by atoms with Gasteiger partial charge in [0.2, 0.25) is 0 Å². The zero-order chi connectivity index (χ0) is 33.0. The number of fused-ring (bicyclic) bond motifs is 6. The van der Waals surface area contributed by atoms with E-state index >= 15 is 0 Å². The second-order valence-electron chi connectivity index (χ2n) is 12.4. The molecule has 0 aliphatic rings. The summed E-state index contributed by atoms with van der Waals surface area (Å²) in [6.45, 7) is 0. The minimum Gasteiger partial charge on any atom is -0.208 e. The SMILES string of the molecule is c1ccc(-c2cc(-c3cccc4c3sc3cc(-c5nc(-c6ccccc6)nc(-c6ccccc6)n5)ccc34)c3sc4ccccc4c3c2)cc1. The minimum atomic E-state index is 0.666. The van der Waals surface area contributed by atoms with Crippen molar-refractivity contribution in [1.82, 2.24) is 15.0 Å². The van der Waals surface area contributed by atoms with Gasteiger partial charge in [-0.2, -0.15) is 0 Å². The van der Waals surface area contributed by atoms with Gasteiger partial charge in [0.05, 0.1) is 0 Å². The van der Waals surface area contributed by atoms with E-state index in [0.717, 1.165) is 16.7 Å². The van der Waals surface area contributed by atoms with Crippen LogP contribution in [0.25, 0.3) is 96.8 Å². The molecule has 0 N–H and O–H groups in total. The zero-order valence-corrected chi connectivity index (χ0v) is 28.4. The average molecular weight is 674 g/mol. The fourth-order valence-corrected chi connectivity index (χ4v) is 9.39. The van der Waals surface area contributed by atoms with E-state index in [-0.39, 0.29) is 0 Å². The van der Waals surface area contributed by atoms with E-state index in [9.17, 15) is 0 Å². The Morgan fingerprint density at radius 1 is 0.300 bits per heavy atom. The lowest BCUT2D eigenvalue weighted by molar-refractivity contribution is 1.07. The Morgan fingerprint density at radius 3 is 1.54 bits per heavy atom. The third-order valence-electron chi connectivity index (χ3n) is 9.33. The van der Waals surface area contributed by atoms with E-state index in [2.05, 4.69) is 103 Å². The largest absolute Gasteiger partial charge is 0.208 e. The molecule has 0 aliphatic carbocycles. The molecule has 0 atom stereocenters. The van der Waals surface area contributed by atoms with Crippen molar-refractivity contribution in [3.63, 3.8) is 0 Å². The van der Waals surface area contributed by atoms with Crippen molar-refractivity contribution >= 4 is 63.0 Å². The van der Waals surface area contributed by atoms with Crippen molar-refractivity contribution < 1.29 is 0 Å². The molecular weight excluding hydrogens is 647 g/mol. The van der Waals surface area contributed by atoms with E-state index in [4.69, 9.17) is 15.0 Å². The molecule has 10 aromatic rings. The molecule has 0 unspecified atom stereocenters. The molecule has 7 aromatic carbocycles. The topological polar surface area (TPSA) is 38.7 Å². The summed E-state index contributed by atoms with van der Waals surface area (Å²) in [7, 11) is 0. The molecule has 0 saturated heterocycles. The summed E-state index contributed by atoms with van der Waals surface area (Å²) in [4.78, 5) is 14.9. The highest BCUT2D eigenvalue weighted by Crippen LogP contribution is 2.47. The van der Waals surface area contributed by atoms with Crippen LogP contribution in [-0.4, -0.2) is 15.0 Å². The highest BCUT2D eigenvalue weighted by Gasteiger charge is 2.18. The molecule has 0 radical (unpaired) electrons. The second-order valence-corrected chi connectivity index (χ2v) is 14.5. The third kappa shape index (κ3) is 4.90. The molecule has 3 aromatic heterocycles. The first-order chi connectivity index (χ1) is 24.8. The van der Waals surface area contributed by atoms with E-state index < -0.39 is 0 Å². The van der Waals surface area contributed by atoms with Gasteiger partial charge in [-0.05, 0) is 35.4 Å². The molecule has 234 valence electrons. The number of hydrogen-bond acceptors (Lipinski definition) is 5. The smallest absolute Gasteiger partial charge is 0.164 e. The normalized spacial score (nSPS) is 11.6. The van der Waals surface area contributed by atoms with E-state index in [1.807, 2.05) is 83.3 Å². The molecule has 3 heterocycles. The third-order valence-corrected chi connectivity index (χ3v) is 11.8. The van der Waals surface area contributed by atoms with E-state index in [0.29, 0.717) is 17.5 Å². The van der Waals surface area contributed by atoms with Gasteiger partial charge in [-0.15, -0.1) is 22.7 Å². The van der Waals surface area contributed by atoms with Crippen LogP contribution in [0.2, 0.25) is 0 Å². The Labute approximate surface area is 296 Å². The Balaban J connectivity index is 1.17. The lowest BCUT2D eigenvalue weighted by Gasteiger charge is -2.10. The maximum absolute atomic E-state index is 5.00. The summed E-state index contributed by atoms with van der Waals surface area (Å²) < 4.78 is 5.13. The van der Waals surface area contributed by atoms with E-state index in [1.165, 1.54) is 62.6 Å². The predicted octanol–water partition coefficient (Wildman–Crippen LogP) is 12.9. The predicted molar refractivity (Wildman–Crippen MR) is 213 cm³/mol. The van der Waals surface area contributed by atoms with Gasteiger partial charge in [-0.3, -0.25) is 0 Å². The van der Waals surface area contributed by atoms with Crippen molar-refractivity contribution in [2.75, 3.05) is 0 Å². The van der Waals surface area contributed by atoms with Crippen molar-refractivity contribution in [3.05, 3.63) is 164 Å². The lowest BCUT2D eigenvalue weighted by atomic mass is 9.95. The van der Waals surface area contributed by atoms with Crippen LogP contribution >= 0.6 is 22.7 Å². The van der Waals surface area contributed by atoms with Gasteiger partial charge in [0.1, 0.15) is 0 Å². The Hall–Kier alpha value is -6.01. The number of aromatic nitrogens is 3. The summed E-state index contributed by atoms with van der Waals surface area (Å²) in [5, 5.41) is 5.12. The number of thiophene rings is 2. The summed E-state index contributed by atoms with van der Waals surface area (Å²) in [5.41, 5.74) is 7.89. The maximum atomic E-state index is 5.00. The number of rotatable bonds is 5. The fourth-order valence-electron chi connectivity index (χ4n) is 6.91. The van der Waals surface area contributed by atoms with Crippen LogP contribution in [0.3, 0.4) is 0 Å². The molecular formula is C45H27N3S2. The lowest BCUT2D eigenvalue weighted by Crippen LogP contribution is -1.99. The Morgan fingerprint density at radius 2 is 0.840 bits per heavy atom. The number of nitrogens with zero attached hydrogens (tertiary/aromatic N) is 3. The second kappa shape index (κ2) is 11.8. The minimum absolute atomic E-state index is 0.666. The molecule has 0 fully saturated rings. The standard InChI is InChI=1S/C45H27N3S2/c1-4-13-28(14-5-1)32-25-37-33-19-10-11-22-39(33)49-42(37)38(26-32)36-21-12-20-35-34-24-23-31(27-40(34)50-41(35)36)45-47-43(29-15-6-2-7-16-29)46-44(48-45)30-17-8-3-9-18-30/h1-27H. The van der Waals surface area contributed by atoms with Crippen LogP contribution in [0.4, 0.5) is 0 Å². The van der Waals surface area contributed by atoms with Gasteiger partial charge in [0, 0.05) is 68.2 Å². The average Bonchev–Trinajstić information content (AvgIpc) is 3.77. The molecule has 0 aliphatic heterocycles. The van der Waals surface area contributed by atoms with Crippen molar-refractivity contribution in [1.29, 1.82) is 0 Å². The molecule has 0 spiro atoms. The van der Waals surface area contributed by atoms with Crippen LogP contribution in [0.15, 0.2) is 164 Å². The molecule has 5 heteroatoms. The van der Waals surface area contributed by atoms with Gasteiger partial charge in [-0.25, -0.2) is 15.0 Å². The molecule has 3 nitrogen and oxygen atoms in total. The first-order valence-corrected chi connectivity index (χ1v) is 18.2. The Bertz CT molecular complexity index is 2800. The zero-order valence-electron chi connectivity index (χ0n) is 26.7. The van der Waals surface area contributed by atoms with Gasteiger partial charge < -0.3 is 0 Å². The first kappa shape index (κ1) is 29.0. The summed E-state index contributed by atoms with van der Waals surface area (Å²) in [6.07, 6.45) is 0. The molecule has 10 rings (SSSR count). The van der Waals surface area contributed by atoms with Gasteiger partial charge >= 0.3 is 0 Å². The quantitative estimate of drug-likeness (QED) is 0.182.